The third kappa shape index (κ3) is 4.81. The van der Waals surface area contributed by atoms with Gasteiger partial charge in [0.1, 0.15) is 0 Å². The second-order valence-electron chi connectivity index (χ2n) is 7.99. The molecule has 5 nitrogen and oxygen atoms in total. The van der Waals surface area contributed by atoms with E-state index in [0.717, 1.165) is 48.0 Å². The molecule has 0 saturated carbocycles. The van der Waals surface area contributed by atoms with E-state index in [0.29, 0.717) is 18.9 Å². The minimum absolute atomic E-state index is 0.0499. The molecule has 1 aromatic heterocycles. The first-order valence-corrected chi connectivity index (χ1v) is 11.3. The average Bonchev–Trinajstić information content (AvgIpc) is 3.15. The number of benzene rings is 1. The second-order valence-corrected chi connectivity index (χ2v) is 9.03. The summed E-state index contributed by atoms with van der Waals surface area (Å²) in [5, 5.41) is 1.06. The number of nitrogens with zero attached hydrogens (tertiary/aromatic N) is 3. The number of anilines is 1. The Bertz CT molecular complexity index is 848. The number of hydrogen-bond acceptors (Lipinski definition) is 4. The standard InChI is InChI=1S/C23H27N3O2S/c1-17-5-7-20(8-6-17)26-15-19(14-22(26)27)23(28)25-12-9-18(10-13-25)16-29-21-4-2-3-11-24-21/h2-8,11,18-19H,9-10,12-16H2,1H3/t19-/m1/s1. The lowest BCUT2D eigenvalue weighted by Crippen LogP contribution is -2.42. The van der Waals surface area contributed by atoms with Gasteiger partial charge in [-0.25, -0.2) is 4.98 Å². The SMILES string of the molecule is Cc1ccc(N2C[C@H](C(=O)N3CCC(CSc4ccccn4)CC3)CC2=O)cc1. The minimum Gasteiger partial charge on any atom is -0.342 e. The number of rotatable bonds is 5. The first kappa shape index (κ1) is 20.0. The van der Waals surface area contributed by atoms with Crippen LogP contribution in [0.1, 0.15) is 24.8 Å². The van der Waals surface area contributed by atoms with Gasteiger partial charge in [-0.3, -0.25) is 9.59 Å². The molecule has 4 rings (SSSR count). The van der Waals surface area contributed by atoms with Crippen LogP contribution in [0.5, 0.6) is 0 Å². The molecule has 2 amide bonds. The largest absolute Gasteiger partial charge is 0.342 e. The van der Waals surface area contributed by atoms with E-state index in [1.54, 1.807) is 16.7 Å². The molecule has 2 aliphatic heterocycles. The smallest absolute Gasteiger partial charge is 0.228 e. The predicted molar refractivity (Wildman–Crippen MR) is 116 cm³/mol. The van der Waals surface area contributed by atoms with Crippen LogP contribution < -0.4 is 4.90 Å². The summed E-state index contributed by atoms with van der Waals surface area (Å²) >= 11 is 1.80. The number of piperidine rings is 1. The Morgan fingerprint density at radius 3 is 2.59 bits per heavy atom. The first-order chi connectivity index (χ1) is 14.1. The lowest BCUT2D eigenvalue weighted by molar-refractivity contribution is -0.137. The van der Waals surface area contributed by atoms with Crippen molar-refractivity contribution >= 4 is 29.3 Å². The molecular formula is C23H27N3O2S. The maximum atomic E-state index is 13.0. The molecule has 0 N–H and O–H groups in total. The summed E-state index contributed by atoms with van der Waals surface area (Å²) < 4.78 is 0. The maximum Gasteiger partial charge on any atom is 0.228 e. The van der Waals surface area contributed by atoms with Gasteiger partial charge >= 0.3 is 0 Å². The summed E-state index contributed by atoms with van der Waals surface area (Å²) in [7, 11) is 0. The van der Waals surface area contributed by atoms with Gasteiger partial charge in [-0.2, -0.15) is 0 Å². The van der Waals surface area contributed by atoms with Crippen molar-refractivity contribution in [3.05, 3.63) is 54.2 Å². The van der Waals surface area contributed by atoms with Gasteiger partial charge in [0.2, 0.25) is 11.8 Å². The molecule has 2 fully saturated rings. The Hall–Kier alpha value is -2.34. The molecular weight excluding hydrogens is 382 g/mol. The highest BCUT2D eigenvalue weighted by Crippen LogP contribution is 2.29. The van der Waals surface area contributed by atoms with E-state index in [2.05, 4.69) is 4.98 Å². The molecule has 2 saturated heterocycles. The number of amides is 2. The van der Waals surface area contributed by atoms with Crippen LogP contribution in [-0.2, 0) is 9.59 Å². The number of carbonyl (C=O) groups excluding carboxylic acids is 2. The maximum absolute atomic E-state index is 13.0. The predicted octanol–water partition coefficient (Wildman–Crippen LogP) is 3.77. The lowest BCUT2D eigenvalue weighted by Gasteiger charge is -2.33. The van der Waals surface area contributed by atoms with Crippen LogP contribution in [0.15, 0.2) is 53.7 Å². The molecule has 0 bridgehead atoms. The van der Waals surface area contributed by atoms with Crippen molar-refractivity contribution < 1.29 is 9.59 Å². The van der Waals surface area contributed by atoms with Gasteiger partial charge in [-0.1, -0.05) is 23.8 Å². The summed E-state index contributed by atoms with van der Waals surface area (Å²) in [6.07, 6.45) is 4.19. The van der Waals surface area contributed by atoms with Crippen molar-refractivity contribution in [2.45, 2.75) is 31.2 Å². The molecule has 1 atom stereocenters. The Labute approximate surface area is 176 Å². The van der Waals surface area contributed by atoms with Crippen molar-refractivity contribution in [3.63, 3.8) is 0 Å². The highest BCUT2D eigenvalue weighted by atomic mass is 32.2. The van der Waals surface area contributed by atoms with Gasteiger partial charge in [0.15, 0.2) is 0 Å². The zero-order valence-electron chi connectivity index (χ0n) is 16.8. The van der Waals surface area contributed by atoms with Gasteiger partial charge in [-0.15, -0.1) is 11.8 Å². The molecule has 152 valence electrons. The van der Waals surface area contributed by atoms with Crippen LogP contribution in [0.2, 0.25) is 0 Å². The number of carbonyl (C=O) groups is 2. The van der Waals surface area contributed by atoms with Crippen molar-refractivity contribution in [2.24, 2.45) is 11.8 Å². The van der Waals surface area contributed by atoms with Crippen LogP contribution in [0, 0.1) is 18.8 Å². The second kappa shape index (κ2) is 8.99. The number of pyridine rings is 1. The van der Waals surface area contributed by atoms with Gasteiger partial charge in [0.05, 0.1) is 10.9 Å². The Morgan fingerprint density at radius 2 is 1.90 bits per heavy atom. The zero-order valence-corrected chi connectivity index (χ0v) is 17.6. The topological polar surface area (TPSA) is 53.5 Å². The van der Waals surface area contributed by atoms with Crippen LogP contribution in [0.25, 0.3) is 0 Å². The summed E-state index contributed by atoms with van der Waals surface area (Å²) in [6, 6.07) is 13.9. The Morgan fingerprint density at radius 1 is 1.14 bits per heavy atom. The molecule has 1 aromatic carbocycles. The fourth-order valence-corrected chi connectivity index (χ4v) is 5.11. The van der Waals surface area contributed by atoms with Gasteiger partial charge in [0, 0.05) is 43.7 Å². The molecule has 2 aromatic rings. The fraction of sp³-hybridized carbons (Fsp3) is 0.435. The number of aryl methyl sites for hydroxylation is 1. The van der Waals surface area contributed by atoms with E-state index < -0.39 is 0 Å². The first-order valence-electron chi connectivity index (χ1n) is 10.3. The highest BCUT2D eigenvalue weighted by Gasteiger charge is 2.38. The van der Waals surface area contributed by atoms with Gasteiger partial charge < -0.3 is 9.80 Å². The van der Waals surface area contributed by atoms with Crippen molar-refractivity contribution in [3.8, 4) is 0 Å². The lowest BCUT2D eigenvalue weighted by atomic mass is 9.97. The molecule has 3 heterocycles. The minimum atomic E-state index is -0.219. The summed E-state index contributed by atoms with van der Waals surface area (Å²) in [6.45, 7) is 4.11. The van der Waals surface area contributed by atoms with Gasteiger partial charge in [-0.05, 0) is 49.9 Å². The highest BCUT2D eigenvalue weighted by molar-refractivity contribution is 7.99. The summed E-state index contributed by atoms with van der Waals surface area (Å²) in [5.74, 6) is 1.63. The van der Waals surface area contributed by atoms with E-state index >= 15 is 0 Å². The van der Waals surface area contributed by atoms with Crippen LogP contribution in [0.3, 0.4) is 0 Å². The molecule has 0 spiro atoms. The Kier molecular flexibility index (Phi) is 6.19. The van der Waals surface area contributed by atoms with E-state index in [1.165, 1.54) is 0 Å². The summed E-state index contributed by atoms with van der Waals surface area (Å²) in [5.41, 5.74) is 2.05. The van der Waals surface area contributed by atoms with E-state index in [1.807, 2.05) is 60.5 Å². The normalized spacial score (nSPS) is 20.3. The molecule has 29 heavy (non-hydrogen) atoms. The monoisotopic (exact) mass is 409 g/mol. The third-order valence-electron chi connectivity index (χ3n) is 5.85. The molecule has 6 heteroatoms. The van der Waals surface area contributed by atoms with Crippen molar-refractivity contribution in [2.75, 3.05) is 30.3 Å². The van der Waals surface area contributed by atoms with Crippen molar-refractivity contribution in [1.29, 1.82) is 0 Å². The summed E-state index contributed by atoms with van der Waals surface area (Å²) in [4.78, 5) is 33.6. The molecule has 0 unspecified atom stereocenters. The van der Waals surface area contributed by atoms with E-state index in [-0.39, 0.29) is 17.7 Å². The van der Waals surface area contributed by atoms with Gasteiger partial charge in [0.25, 0.3) is 0 Å². The fourth-order valence-electron chi connectivity index (χ4n) is 4.06. The Balaban J connectivity index is 1.27. The van der Waals surface area contributed by atoms with E-state index in [9.17, 15) is 9.59 Å². The number of aromatic nitrogens is 1. The van der Waals surface area contributed by atoms with Crippen LogP contribution in [0.4, 0.5) is 5.69 Å². The molecule has 0 aliphatic carbocycles. The third-order valence-corrected chi connectivity index (χ3v) is 7.03. The quantitative estimate of drug-likeness (QED) is 0.706. The van der Waals surface area contributed by atoms with Crippen LogP contribution >= 0.6 is 11.8 Å². The van der Waals surface area contributed by atoms with Crippen molar-refractivity contribution in [1.82, 2.24) is 9.88 Å². The molecule has 2 aliphatic rings. The number of thioether (sulfide) groups is 1. The number of hydrogen-bond donors (Lipinski definition) is 0. The van der Waals surface area contributed by atoms with E-state index in [4.69, 9.17) is 0 Å². The molecule has 0 radical (unpaired) electrons. The average molecular weight is 410 g/mol. The number of likely N-dealkylation sites (tertiary alicyclic amines) is 1. The van der Waals surface area contributed by atoms with Crippen LogP contribution in [-0.4, -0.2) is 47.1 Å². The zero-order chi connectivity index (χ0) is 20.2.